The monoisotopic (exact) mass is 271 g/mol. The summed E-state index contributed by atoms with van der Waals surface area (Å²) < 4.78 is 40.1. The quantitative estimate of drug-likeness (QED) is 0.906. The van der Waals surface area contributed by atoms with Crippen molar-refractivity contribution >= 4 is 10.9 Å². The lowest BCUT2D eigenvalue weighted by molar-refractivity contribution is -0.137. The fourth-order valence-electron chi connectivity index (χ4n) is 2.29. The largest absolute Gasteiger partial charge is 0.416 e. The minimum absolute atomic E-state index is 0.352. The molecule has 2 nitrogen and oxygen atoms in total. The molecule has 0 amide bonds. The minimum Gasteiger partial charge on any atom is -0.393 e. The summed E-state index contributed by atoms with van der Waals surface area (Å²) in [6, 6.07) is 3.76. The van der Waals surface area contributed by atoms with Crippen LogP contribution in [0.3, 0.4) is 0 Å². The van der Waals surface area contributed by atoms with Crippen LogP contribution in [0.15, 0.2) is 24.4 Å². The number of halogens is 3. The fourth-order valence-corrected chi connectivity index (χ4v) is 2.29. The number of aliphatic hydroxyl groups is 1. The van der Waals surface area contributed by atoms with Crippen molar-refractivity contribution < 1.29 is 18.3 Å². The molecule has 1 N–H and O–H groups in total. The Kier molecular flexibility index (Phi) is 3.58. The number of nitrogens with zero attached hydrogens (tertiary/aromatic N) is 1. The first-order valence-electron chi connectivity index (χ1n) is 6.20. The van der Waals surface area contributed by atoms with Gasteiger partial charge in [0.1, 0.15) is 0 Å². The van der Waals surface area contributed by atoms with Crippen LogP contribution in [0.4, 0.5) is 13.2 Å². The number of rotatable bonds is 3. The van der Waals surface area contributed by atoms with E-state index >= 15 is 0 Å². The van der Waals surface area contributed by atoms with E-state index in [9.17, 15) is 18.3 Å². The molecule has 0 saturated carbocycles. The van der Waals surface area contributed by atoms with E-state index in [1.807, 2.05) is 17.7 Å². The number of benzene rings is 1. The van der Waals surface area contributed by atoms with Gasteiger partial charge in [0.25, 0.3) is 0 Å². The number of aryl methyl sites for hydroxylation is 1. The zero-order valence-corrected chi connectivity index (χ0v) is 10.8. The summed E-state index contributed by atoms with van der Waals surface area (Å²) in [4.78, 5) is 0. The zero-order valence-electron chi connectivity index (χ0n) is 10.8. The summed E-state index contributed by atoms with van der Waals surface area (Å²) >= 11 is 0. The first-order chi connectivity index (χ1) is 8.82. The molecule has 0 fully saturated rings. The van der Waals surface area contributed by atoms with E-state index in [1.165, 1.54) is 12.1 Å². The van der Waals surface area contributed by atoms with Crippen molar-refractivity contribution in [2.75, 3.05) is 0 Å². The number of hydrogen-bond donors (Lipinski definition) is 1. The highest BCUT2D eigenvalue weighted by molar-refractivity contribution is 5.85. The van der Waals surface area contributed by atoms with Gasteiger partial charge in [-0.1, -0.05) is 0 Å². The molecule has 1 aromatic heterocycles. The lowest BCUT2D eigenvalue weighted by Crippen LogP contribution is -2.05. The van der Waals surface area contributed by atoms with Crippen molar-refractivity contribution in [2.24, 2.45) is 0 Å². The highest BCUT2D eigenvalue weighted by Crippen LogP contribution is 2.33. The maximum Gasteiger partial charge on any atom is 0.416 e. The van der Waals surface area contributed by atoms with E-state index in [4.69, 9.17) is 0 Å². The third-order valence-electron chi connectivity index (χ3n) is 3.15. The van der Waals surface area contributed by atoms with Crippen LogP contribution in [-0.4, -0.2) is 15.8 Å². The Morgan fingerprint density at radius 2 is 2.00 bits per heavy atom. The second kappa shape index (κ2) is 4.89. The molecule has 1 unspecified atom stereocenters. The minimum atomic E-state index is -4.34. The maximum atomic E-state index is 12.7. The van der Waals surface area contributed by atoms with Crippen molar-refractivity contribution in [2.45, 2.75) is 39.1 Å². The van der Waals surface area contributed by atoms with Crippen LogP contribution in [0, 0.1) is 0 Å². The topological polar surface area (TPSA) is 25.2 Å². The predicted molar refractivity (Wildman–Crippen MR) is 68.0 cm³/mol. The Balaban J connectivity index is 2.61. The fraction of sp³-hybridized carbons (Fsp3) is 0.429. The molecule has 1 atom stereocenters. The first kappa shape index (κ1) is 13.9. The number of alkyl halides is 3. The lowest BCUT2D eigenvalue weighted by atomic mass is 10.1. The zero-order chi connectivity index (χ0) is 14.2. The third-order valence-corrected chi connectivity index (χ3v) is 3.15. The van der Waals surface area contributed by atoms with Crippen LogP contribution >= 0.6 is 0 Å². The molecular weight excluding hydrogens is 255 g/mol. The van der Waals surface area contributed by atoms with Crippen molar-refractivity contribution in [1.82, 2.24) is 4.57 Å². The molecule has 104 valence electrons. The van der Waals surface area contributed by atoms with Crippen LogP contribution in [0.2, 0.25) is 0 Å². The van der Waals surface area contributed by atoms with Crippen LogP contribution < -0.4 is 0 Å². The van der Waals surface area contributed by atoms with Crippen molar-refractivity contribution in [1.29, 1.82) is 0 Å². The molecule has 1 heterocycles. The number of hydrogen-bond acceptors (Lipinski definition) is 1. The van der Waals surface area contributed by atoms with E-state index in [1.54, 1.807) is 6.92 Å². The summed E-state index contributed by atoms with van der Waals surface area (Å²) in [6.07, 6.45) is -2.75. The van der Waals surface area contributed by atoms with Gasteiger partial charge >= 0.3 is 6.18 Å². The Bertz CT molecular complexity index is 584. The van der Waals surface area contributed by atoms with Crippen molar-refractivity contribution in [3.63, 3.8) is 0 Å². The van der Waals surface area contributed by atoms with Crippen LogP contribution in [0.1, 0.15) is 25.0 Å². The van der Waals surface area contributed by atoms with Crippen molar-refractivity contribution in [3.8, 4) is 0 Å². The smallest absolute Gasteiger partial charge is 0.393 e. The number of aromatic nitrogens is 1. The molecular formula is C14H16F3NO. The van der Waals surface area contributed by atoms with Crippen LogP contribution in [0.25, 0.3) is 10.9 Å². The normalized spacial score (nSPS) is 14.0. The molecule has 0 aliphatic carbocycles. The van der Waals surface area contributed by atoms with Gasteiger partial charge in [0, 0.05) is 30.1 Å². The van der Waals surface area contributed by atoms with Gasteiger partial charge in [-0.15, -0.1) is 0 Å². The second-order valence-corrected chi connectivity index (χ2v) is 4.72. The van der Waals surface area contributed by atoms with E-state index in [2.05, 4.69) is 0 Å². The molecule has 0 spiro atoms. The molecule has 0 bridgehead atoms. The average Bonchev–Trinajstić information content (AvgIpc) is 2.65. The number of aliphatic hydroxyl groups excluding tert-OH is 1. The molecule has 2 aromatic rings. The van der Waals surface area contributed by atoms with E-state index < -0.39 is 17.8 Å². The van der Waals surface area contributed by atoms with E-state index in [0.29, 0.717) is 18.4 Å². The summed E-state index contributed by atoms with van der Waals surface area (Å²) in [5.41, 5.74) is 0.866. The van der Waals surface area contributed by atoms with Gasteiger partial charge < -0.3 is 9.67 Å². The summed E-state index contributed by atoms with van der Waals surface area (Å²) in [5.74, 6) is 0. The van der Waals surface area contributed by atoms with Gasteiger partial charge in [0.15, 0.2) is 0 Å². The van der Waals surface area contributed by atoms with Gasteiger partial charge in [-0.2, -0.15) is 13.2 Å². The Morgan fingerprint density at radius 1 is 1.32 bits per heavy atom. The molecule has 0 saturated heterocycles. The van der Waals surface area contributed by atoms with Gasteiger partial charge in [-0.25, -0.2) is 0 Å². The highest BCUT2D eigenvalue weighted by atomic mass is 19.4. The Labute approximate surface area is 109 Å². The van der Waals surface area contributed by atoms with Gasteiger partial charge in [-0.05, 0) is 37.6 Å². The van der Waals surface area contributed by atoms with Gasteiger partial charge in [0.2, 0.25) is 0 Å². The Morgan fingerprint density at radius 3 is 2.53 bits per heavy atom. The molecule has 0 radical (unpaired) electrons. The van der Waals surface area contributed by atoms with E-state index in [0.717, 1.165) is 17.1 Å². The van der Waals surface area contributed by atoms with Gasteiger partial charge in [-0.3, -0.25) is 0 Å². The maximum absolute atomic E-state index is 12.7. The molecule has 0 aliphatic heterocycles. The second-order valence-electron chi connectivity index (χ2n) is 4.72. The van der Waals surface area contributed by atoms with Crippen LogP contribution in [0.5, 0.6) is 0 Å². The summed E-state index contributed by atoms with van der Waals surface area (Å²) in [5, 5.41) is 10.0. The first-order valence-corrected chi connectivity index (χ1v) is 6.20. The molecule has 5 heteroatoms. The Hall–Kier alpha value is -1.49. The molecule has 1 aromatic carbocycles. The third kappa shape index (κ3) is 2.76. The highest BCUT2D eigenvalue weighted by Gasteiger charge is 2.31. The summed E-state index contributed by atoms with van der Waals surface area (Å²) in [7, 11) is 0. The molecule has 19 heavy (non-hydrogen) atoms. The van der Waals surface area contributed by atoms with Crippen molar-refractivity contribution in [3.05, 3.63) is 35.5 Å². The van der Waals surface area contributed by atoms with E-state index in [-0.39, 0.29) is 0 Å². The molecule has 0 aliphatic rings. The SMILES string of the molecule is CCn1cc(CC(C)O)c2cc(C(F)(F)F)ccc21. The number of fused-ring (bicyclic) bond motifs is 1. The average molecular weight is 271 g/mol. The lowest BCUT2D eigenvalue weighted by Gasteiger charge is -2.08. The standard InChI is InChI=1S/C14H16F3NO/c1-3-18-8-10(6-9(2)19)12-7-11(14(15,16)17)4-5-13(12)18/h4-5,7-9,19H,3,6H2,1-2H3. The van der Waals surface area contributed by atoms with Gasteiger partial charge in [0.05, 0.1) is 11.7 Å². The predicted octanol–water partition coefficient (Wildman–Crippen LogP) is 3.60. The summed E-state index contributed by atoms with van der Waals surface area (Å²) in [6.45, 7) is 4.24. The molecule has 2 rings (SSSR count). The van der Waals surface area contributed by atoms with Crippen LogP contribution in [-0.2, 0) is 19.1 Å².